The molecular formula is C16H21N3O2. The SMILES string of the molecule is CC(CCN)CNc1nccc2cc3c(cc12)OCCO3. The first-order valence-corrected chi connectivity index (χ1v) is 7.40. The topological polar surface area (TPSA) is 69.4 Å². The summed E-state index contributed by atoms with van der Waals surface area (Å²) in [7, 11) is 0. The van der Waals surface area contributed by atoms with Gasteiger partial charge in [0.05, 0.1) is 0 Å². The number of nitrogens with two attached hydrogens (primary N) is 1. The van der Waals surface area contributed by atoms with Gasteiger partial charge in [-0.2, -0.15) is 0 Å². The number of benzene rings is 1. The third kappa shape index (κ3) is 3.03. The third-order valence-corrected chi connectivity index (χ3v) is 3.70. The highest BCUT2D eigenvalue weighted by Crippen LogP contribution is 2.36. The Balaban J connectivity index is 1.88. The van der Waals surface area contributed by atoms with E-state index in [-0.39, 0.29) is 0 Å². The molecule has 2 aromatic rings. The van der Waals surface area contributed by atoms with Gasteiger partial charge in [-0.1, -0.05) is 6.92 Å². The molecule has 5 nitrogen and oxygen atoms in total. The maximum atomic E-state index is 5.65. The lowest BCUT2D eigenvalue weighted by molar-refractivity contribution is 0.172. The number of aromatic nitrogens is 1. The summed E-state index contributed by atoms with van der Waals surface area (Å²) < 4.78 is 11.3. The predicted octanol–water partition coefficient (Wildman–Crippen LogP) is 2.40. The first-order valence-electron chi connectivity index (χ1n) is 7.40. The number of nitrogens with one attached hydrogen (secondary N) is 1. The molecule has 1 aliphatic heterocycles. The van der Waals surface area contributed by atoms with Gasteiger partial charge in [-0.05, 0) is 42.5 Å². The lowest BCUT2D eigenvalue weighted by Crippen LogP contribution is -2.16. The second kappa shape index (κ2) is 6.18. The smallest absolute Gasteiger partial charge is 0.162 e. The van der Waals surface area contributed by atoms with E-state index in [1.54, 1.807) is 0 Å². The summed E-state index contributed by atoms with van der Waals surface area (Å²) in [5.74, 6) is 3.00. The average molecular weight is 287 g/mol. The Bertz CT molecular complexity index is 630. The summed E-state index contributed by atoms with van der Waals surface area (Å²) in [6.45, 7) is 4.95. The highest BCUT2D eigenvalue weighted by atomic mass is 16.6. The molecule has 1 aromatic carbocycles. The molecule has 3 rings (SSSR count). The Kier molecular flexibility index (Phi) is 4.10. The fourth-order valence-electron chi connectivity index (χ4n) is 2.51. The molecule has 5 heteroatoms. The van der Waals surface area contributed by atoms with Gasteiger partial charge in [0, 0.05) is 18.1 Å². The molecule has 0 amide bonds. The van der Waals surface area contributed by atoms with Crippen molar-refractivity contribution in [3.63, 3.8) is 0 Å². The summed E-state index contributed by atoms with van der Waals surface area (Å²) in [6.07, 6.45) is 2.82. The van der Waals surface area contributed by atoms with Crippen LogP contribution in [0.2, 0.25) is 0 Å². The van der Waals surface area contributed by atoms with Gasteiger partial charge >= 0.3 is 0 Å². The van der Waals surface area contributed by atoms with Crippen LogP contribution in [-0.2, 0) is 0 Å². The summed E-state index contributed by atoms with van der Waals surface area (Å²) in [4.78, 5) is 4.45. The van der Waals surface area contributed by atoms with Gasteiger partial charge in [0.2, 0.25) is 0 Å². The Morgan fingerprint density at radius 1 is 1.29 bits per heavy atom. The highest BCUT2D eigenvalue weighted by molar-refractivity contribution is 5.94. The van der Waals surface area contributed by atoms with Gasteiger partial charge in [-0.15, -0.1) is 0 Å². The first kappa shape index (κ1) is 13.9. The summed E-state index contributed by atoms with van der Waals surface area (Å²) in [5.41, 5.74) is 5.59. The van der Waals surface area contributed by atoms with E-state index in [2.05, 4.69) is 17.2 Å². The number of hydrogen-bond donors (Lipinski definition) is 2. The largest absolute Gasteiger partial charge is 0.486 e. The Labute approximate surface area is 124 Å². The number of hydrogen-bond acceptors (Lipinski definition) is 5. The lowest BCUT2D eigenvalue weighted by atomic mass is 10.1. The molecule has 0 radical (unpaired) electrons. The monoisotopic (exact) mass is 287 g/mol. The van der Waals surface area contributed by atoms with Gasteiger partial charge in [-0.25, -0.2) is 4.98 Å². The molecule has 0 saturated carbocycles. The van der Waals surface area contributed by atoms with Crippen LogP contribution in [0.1, 0.15) is 13.3 Å². The summed E-state index contributed by atoms with van der Waals surface area (Å²) >= 11 is 0. The number of ether oxygens (including phenoxy) is 2. The second-order valence-corrected chi connectivity index (χ2v) is 5.44. The van der Waals surface area contributed by atoms with Gasteiger partial charge in [0.1, 0.15) is 19.0 Å². The van der Waals surface area contributed by atoms with E-state index in [1.807, 2.05) is 24.4 Å². The maximum Gasteiger partial charge on any atom is 0.162 e. The van der Waals surface area contributed by atoms with Gasteiger partial charge < -0.3 is 20.5 Å². The van der Waals surface area contributed by atoms with Gasteiger partial charge in [0.15, 0.2) is 11.5 Å². The Morgan fingerprint density at radius 3 is 2.81 bits per heavy atom. The van der Waals surface area contributed by atoms with E-state index in [4.69, 9.17) is 15.2 Å². The molecule has 2 heterocycles. The quantitative estimate of drug-likeness (QED) is 0.883. The van der Waals surface area contributed by atoms with Crippen LogP contribution in [0.25, 0.3) is 10.8 Å². The van der Waals surface area contributed by atoms with Crippen LogP contribution in [0.5, 0.6) is 11.5 Å². The minimum atomic E-state index is 0.518. The van der Waals surface area contributed by atoms with Crippen LogP contribution in [-0.4, -0.2) is 31.3 Å². The summed E-state index contributed by atoms with van der Waals surface area (Å²) in [5, 5.41) is 5.57. The predicted molar refractivity (Wildman–Crippen MR) is 84.1 cm³/mol. The Hall–Kier alpha value is -2.01. The Morgan fingerprint density at radius 2 is 2.05 bits per heavy atom. The lowest BCUT2D eigenvalue weighted by Gasteiger charge is -2.20. The number of nitrogens with zero attached hydrogens (tertiary/aromatic N) is 1. The van der Waals surface area contributed by atoms with Crippen molar-refractivity contribution >= 4 is 16.6 Å². The molecule has 0 fully saturated rings. The van der Waals surface area contributed by atoms with Crippen molar-refractivity contribution in [1.82, 2.24) is 4.98 Å². The van der Waals surface area contributed by atoms with Crippen LogP contribution in [0.4, 0.5) is 5.82 Å². The molecule has 0 saturated heterocycles. The zero-order valence-electron chi connectivity index (χ0n) is 12.3. The van der Waals surface area contributed by atoms with Crippen LogP contribution in [0, 0.1) is 5.92 Å². The zero-order valence-corrected chi connectivity index (χ0v) is 12.3. The van der Waals surface area contributed by atoms with Crippen molar-refractivity contribution in [2.75, 3.05) is 31.6 Å². The van der Waals surface area contributed by atoms with Gasteiger partial charge in [0.25, 0.3) is 0 Å². The molecule has 1 unspecified atom stereocenters. The van der Waals surface area contributed by atoms with Crippen LogP contribution in [0.15, 0.2) is 24.4 Å². The maximum absolute atomic E-state index is 5.65. The van der Waals surface area contributed by atoms with Crippen LogP contribution in [0.3, 0.4) is 0 Å². The van der Waals surface area contributed by atoms with Crippen molar-refractivity contribution in [3.8, 4) is 11.5 Å². The van der Waals surface area contributed by atoms with E-state index in [0.717, 1.165) is 41.1 Å². The fraction of sp³-hybridized carbons (Fsp3) is 0.438. The molecule has 1 aromatic heterocycles. The standard InChI is InChI=1S/C16H21N3O2/c1-11(2-4-17)10-19-16-13-9-15-14(20-6-7-21-15)8-12(13)3-5-18-16/h3,5,8-9,11H,2,4,6-7,10,17H2,1H3,(H,18,19). The van der Waals surface area contributed by atoms with Crippen molar-refractivity contribution in [2.24, 2.45) is 11.7 Å². The summed E-state index contributed by atoms with van der Waals surface area (Å²) in [6, 6.07) is 6.01. The van der Waals surface area contributed by atoms with Crippen molar-refractivity contribution in [3.05, 3.63) is 24.4 Å². The molecule has 3 N–H and O–H groups in total. The van der Waals surface area contributed by atoms with E-state index in [1.165, 1.54) is 0 Å². The highest BCUT2D eigenvalue weighted by Gasteiger charge is 2.14. The molecule has 1 atom stereocenters. The number of pyridine rings is 1. The minimum absolute atomic E-state index is 0.518. The third-order valence-electron chi connectivity index (χ3n) is 3.70. The van der Waals surface area contributed by atoms with Gasteiger partial charge in [-0.3, -0.25) is 0 Å². The minimum Gasteiger partial charge on any atom is -0.486 e. The van der Waals surface area contributed by atoms with E-state index >= 15 is 0 Å². The van der Waals surface area contributed by atoms with Crippen molar-refractivity contribution < 1.29 is 9.47 Å². The number of rotatable bonds is 5. The fourth-order valence-corrected chi connectivity index (χ4v) is 2.51. The second-order valence-electron chi connectivity index (χ2n) is 5.44. The van der Waals surface area contributed by atoms with Crippen LogP contribution >= 0.6 is 0 Å². The number of anilines is 1. The molecule has 0 aliphatic carbocycles. The molecule has 0 spiro atoms. The molecule has 21 heavy (non-hydrogen) atoms. The van der Waals surface area contributed by atoms with E-state index < -0.39 is 0 Å². The average Bonchev–Trinajstić information content (AvgIpc) is 2.51. The van der Waals surface area contributed by atoms with Crippen LogP contribution < -0.4 is 20.5 Å². The molecular weight excluding hydrogens is 266 g/mol. The zero-order chi connectivity index (χ0) is 14.7. The van der Waals surface area contributed by atoms with E-state index in [0.29, 0.717) is 25.7 Å². The van der Waals surface area contributed by atoms with Crippen molar-refractivity contribution in [1.29, 1.82) is 0 Å². The molecule has 112 valence electrons. The first-order chi connectivity index (χ1) is 10.3. The van der Waals surface area contributed by atoms with E-state index in [9.17, 15) is 0 Å². The number of fused-ring (bicyclic) bond motifs is 2. The molecule has 1 aliphatic rings. The molecule has 0 bridgehead atoms. The normalized spacial score (nSPS) is 15.0. The van der Waals surface area contributed by atoms with Crippen molar-refractivity contribution in [2.45, 2.75) is 13.3 Å².